The molecular formula is C9H15ClN2O2S. The Morgan fingerprint density at radius 1 is 1.40 bits per heavy atom. The van der Waals surface area contributed by atoms with Crippen molar-refractivity contribution in [1.82, 2.24) is 4.98 Å². The molecule has 0 bridgehead atoms. The molecule has 0 radical (unpaired) electrons. The Balaban J connectivity index is 0.000000921. The third-order valence-corrected chi connectivity index (χ3v) is 2.16. The van der Waals surface area contributed by atoms with E-state index in [9.17, 15) is 8.42 Å². The van der Waals surface area contributed by atoms with E-state index in [0.29, 0.717) is 5.69 Å². The zero-order chi connectivity index (χ0) is 12.1. The van der Waals surface area contributed by atoms with Crippen molar-refractivity contribution in [2.45, 2.75) is 20.8 Å². The number of rotatable bonds is 2. The highest BCUT2D eigenvalue weighted by atomic mass is 35.5. The number of hydrogen-bond acceptors (Lipinski definition) is 3. The molecule has 0 saturated heterocycles. The fourth-order valence-electron chi connectivity index (χ4n) is 0.808. The van der Waals surface area contributed by atoms with Gasteiger partial charge >= 0.3 is 0 Å². The van der Waals surface area contributed by atoms with Crippen molar-refractivity contribution < 1.29 is 8.42 Å². The Morgan fingerprint density at radius 3 is 2.40 bits per heavy atom. The Kier molecular flexibility index (Phi) is 5.60. The van der Waals surface area contributed by atoms with Crippen LogP contribution in [0.3, 0.4) is 0 Å². The summed E-state index contributed by atoms with van der Waals surface area (Å²) < 4.78 is 24.1. The number of halogens is 1. The van der Waals surface area contributed by atoms with Crippen molar-refractivity contribution in [3.05, 3.63) is 23.0 Å². The minimum Gasteiger partial charge on any atom is -0.283 e. The van der Waals surface area contributed by atoms with Gasteiger partial charge in [0.1, 0.15) is 5.15 Å². The molecule has 86 valence electrons. The van der Waals surface area contributed by atoms with Crippen molar-refractivity contribution in [3.8, 4) is 0 Å². The first-order chi connectivity index (χ1) is 6.88. The molecule has 6 heteroatoms. The monoisotopic (exact) mass is 250 g/mol. The maximum absolute atomic E-state index is 10.9. The molecule has 0 unspecified atom stereocenters. The fourth-order valence-corrected chi connectivity index (χ4v) is 1.59. The van der Waals surface area contributed by atoms with Crippen molar-refractivity contribution in [2.24, 2.45) is 0 Å². The quantitative estimate of drug-likeness (QED) is 0.821. The van der Waals surface area contributed by atoms with E-state index in [2.05, 4.69) is 9.71 Å². The topological polar surface area (TPSA) is 59.1 Å². The minimum atomic E-state index is -3.25. The summed E-state index contributed by atoms with van der Waals surface area (Å²) in [6.45, 7) is 5.75. The van der Waals surface area contributed by atoms with Crippen LogP contribution in [0.2, 0.25) is 5.15 Å². The first-order valence-electron chi connectivity index (χ1n) is 4.48. The molecule has 15 heavy (non-hydrogen) atoms. The summed E-state index contributed by atoms with van der Waals surface area (Å²) in [4.78, 5) is 3.80. The predicted octanol–water partition coefficient (Wildman–Crippen LogP) is 2.44. The molecule has 1 aromatic rings. The summed E-state index contributed by atoms with van der Waals surface area (Å²) in [7, 11) is -3.25. The van der Waals surface area contributed by atoms with Crippen molar-refractivity contribution in [2.75, 3.05) is 11.0 Å². The molecular weight excluding hydrogens is 236 g/mol. The lowest BCUT2D eigenvalue weighted by atomic mass is 10.3. The van der Waals surface area contributed by atoms with Gasteiger partial charge in [-0.05, 0) is 18.6 Å². The fraction of sp³-hybridized carbons (Fsp3) is 0.444. The summed E-state index contributed by atoms with van der Waals surface area (Å²) in [5.41, 5.74) is 1.19. The first kappa shape index (κ1) is 14.2. The molecule has 0 amide bonds. The zero-order valence-electron chi connectivity index (χ0n) is 9.20. The third kappa shape index (κ3) is 5.59. The minimum absolute atomic E-state index is 0.261. The molecule has 1 heterocycles. The van der Waals surface area contributed by atoms with Crippen LogP contribution in [0.25, 0.3) is 0 Å². The highest BCUT2D eigenvalue weighted by molar-refractivity contribution is 7.92. The lowest BCUT2D eigenvalue weighted by molar-refractivity contribution is 0.607. The maximum atomic E-state index is 10.9. The summed E-state index contributed by atoms with van der Waals surface area (Å²) in [6.07, 6.45) is 2.59. The van der Waals surface area contributed by atoms with Gasteiger partial charge in [0, 0.05) is 6.20 Å². The van der Waals surface area contributed by atoms with Crippen LogP contribution in [0.15, 0.2) is 12.3 Å². The van der Waals surface area contributed by atoms with Gasteiger partial charge in [0.05, 0.1) is 11.9 Å². The standard InChI is InChI=1S/C7H9ClN2O2S.C2H6/c1-5-4-9-7(8)3-6(5)10-13(2,11)12;1-2/h3-4H,1-2H3,(H,9,10);1-2H3. The molecule has 0 aliphatic rings. The average Bonchev–Trinajstić information content (AvgIpc) is 2.12. The highest BCUT2D eigenvalue weighted by Gasteiger charge is 2.05. The van der Waals surface area contributed by atoms with Crippen molar-refractivity contribution >= 4 is 27.3 Å². The molecule has 0 aliphatic carbocycles. The lowest BCUT2D eigenvalue weighted by Crippen LogP contribution is -2.10. The van der Waals surface area contributed by atoms with Gasteiger partial charge in [-0.25, -0.2) is 13.4 Å². The van der Waals surface area contributed by atoms with Gasteiger partial charge in [-0.2, -0.15) is 0 Å². The smallest absolute Gasteiger partial charge is 0.229 e. The van der Waals surface area contributed by atoms with Gasteiger partial charge in [-0.1, -0.05) is 25.4 Å². The molecule has 0 atom stereocenters. The molecule has 0 spiro atoms. The van der Waals surface area contributed by atoms with Gasteiger partial charge in [-0.3, -0.25) is 4.72 Å². The third-order valence-electron chi connectivity index (χ3n) is 1.37. The Hall–Kier alpha value is -0.810. The number of nitrogens with one attached hydrogen (secondary N) is 1. The Bertz CT molecular complexity index is 418. The second-order valence-electron chi connectivity index (χ2n) is 2.70. The van der Waals surface area contributed by atoms with Crippen LogP contribution >= 0.6 is 11.6 Å². The molecule has 0 saturated carbocycles. The number of hydrogen-bond donors (Lipinski definition) is 1. The van der Waals surface area contributed by atoms with Crippen LogP contribution in [-0.4, -0.2) is 19.7 Å². The summed E-state index contributed by atoms with van der Waals surface area (Å²) in [6, 6.07) is 1.47. The lowest BCUT2D eigenvalue weighted by Gasteiger charge is -2.06. The van der Waals surface area contributed by atoms with E-state index in [1.165, 1.54) is 12.3 Å². The van der Waals surface area contributed by atoms with E-state index >= 15 is 0 Å². The number of anilines is 1. The van der Waals surface area contributed by atoms with Gasteiger partial charge in [0.2, 0.25) is 10.0 Å². The molecule has 0 aromatic carbocycles. The van der Waals surface area contributed by atoms with Crippen molar-refractivity contribution in [1.29, 1.82) is 0 Å². The maximum Gasteiger partial charge on any atom is 0.229 e. The highest BCUT2D eigenvalue weighted by Crippen LogP contribution is 2.18. The number of nitrogens with zero attached hydrogens (tertiary/aromatic N) is 1. The SMILES string of the molecule is CC.Cc1cnc(Cl)cc1NS(C)(=O)=O. The number of aromatic nitrogens is 1. The Labute approximate surface area is 95.7 Å². The average molecular weight is 251 g/mol. The summed E-state index contributed by atoms with van der Waals surface area (Å²) >= 11 is 5.60. The van der Waals surface area contributed by atoms with Crippen LogP contribution in [0.4, 0.5) is 5.69 Å². The van der Waals surface area contributed by atoms with E-state index in [0.717, 1.165) is 11.8 Å². The van der Waals surface area contributed by atoms with E-state index in [1.54, 1.807) is 6.92 Å². The van der Waals surface area contributed by atoms with Gasteiger partial charge in [0.15, 0.2) is 0 Å². The molecule has 1 aromatic heterocycles. The number of aryl methyl sites for hydroxylation is 1. The first-order valence-corrected chi connectivity index (χ1v) is 6.75. The Morgan fingerprint density at radius 2 is 1.93 bits per heavy atom. The van der Waals surface area contributed by atoms with Crippen LogP contribution in [0, 0.1) is 6.92 Å². The summed E-state index contributed by atoms with van der Waals surface area (Å²) in [5.74, 6) is 0. The number of sulfonamides is 1. The van der Waals surface area contributed by atoms with E-state index < -0.39 is 10.0 Å². The van der Waals surface area contributed by atoms with Crippen molar-refractivity contribution in [3.63, 3.8) is 0 Å². The zero-order valence-corrected chi connectivity index (χ0v) is 10.8. The predicted molar refractivity (Wildman–Crippen MR) is 63.8 cm³/mol. The van der Waals surface area contributed by atoms with E-state index in [1.807, 2.05) is 13.8 Å². The van der Waals surface area contributed by atoms with Crippen LogP contribution < -0.4 is 4.72 Å². The second-order valence-corrected chi connectivity index (χ2v) is 4.83. The normalized spacial score (nSPS) is 10.2. The molecule has 4 nitrogen and oxygen atoms in total. The molecule has 1 N–H and O–H groups in total. The molecule has 0 aliphatic heterocycles. The van der Waals surface area contributed by atoms with Crippen LogP contribution in [0.5, 0.6) is 0 Å². The summed E-state index contributed by atoms with van der Waals surface area (Å²) in [5, 5.41) is 0.261. The molecule has 1 rings (SSSR count). The van der Waals surface area contributed by atoms with E-state index in [4.69, 9.17) is 11.6 Å². The van der Waals surface area contributed by atoms with Gasteiger partial charge in [-0.15, -0.1) is 0 Å². The van der Waals surface area contributed by atoms with Gasteiger partial charge < -0.3 is 0 Å². The van der Waals surface area contributed by atoms with Gasteiger partial charge in [0.25, 0.3) is 0 Å². The largest absolute Gasteiger partial charge is 0.283 e. The van der Waals surface area contributed by atoms with E-state index in [-0.39, 0.29) is 5.15 Å². The van der Waals surface area contributed by atoms with Crippen LogP contribution in [0.1, 0.15) is 19.4 Å². The van der Waals surface area contributed by atoms with Crippen LogP contribution in [-0.2, 0) is 10.0 Å². The molecule has 0 fully saturated rings. The number of pyridine rings is 1. The second kappa shape index (κ2) is 5.92.